The number of para-hydroxylation sites is 2. The standard InChI is InChI=1S/C33H19F3N2O2.C5H8.C4H5F3.C2H6/c34-33(35,36)21-17-18-28-25(19-21)23-12-5-7-15-27(23)37(28)29-16-8-13-24-30(29)32(40)38(31(24)39)26-14-6-4-11-22(26)20-9-2-1-3-10-20;1-3-5-4-2;1-2-3-4(5,6)7;1-2/h1-19H;3-5H,1H2,2H3;2H,1,3H2;1-2H3/b;5-4-;;. The molecule has 2 heterocycles. The fourth-order valence-corrected chi connectivity index (χ4v) is 5.91. The number of hydrogen-bond donors (Lipinski definition) is 0. The van der Waals surface area contributed by atoms with E-state index in [0.29, 0.717) is 33.2 Å². The monoisotopic (exact) mass is 740 g/mol. The summed E-state index contributed by atoms with van der Waals surface area (Å²) in [5, 5.41) is 1.02. The summed E-state index contributed by atoms with van der Waals surface area (Å²) in [5.41, 5.74) is 3.31. The van der Waals surface area contributed by atoms with Crippen molar-refractivity contribution in [3.63, 3.8) is 0 Å². The van der Waals surface area contributed by atoms with Gasteiger partial charge in [0.2, 0.25) is 0 Å². The molecule has 5 aromatic carbocycles. The first-order chi connectivity index (χ1) is 25.8. The van der Waals surface area contributed by atoms with E-state index in [9.17, 15) is 35.9 Å². The van der Waals surface area contributed by atoms with Crippen LogP contribution in [0.3, 0.4) is 0 Å². The molecule has 0 saturated heterocycles. The van der Waals surface area contributed by atoms with E-state index in [1.54, 1.807) is 65.2 Å². The SMILES string of the molecule is C=C/C=C\C.C=CCC(F)(F)F.CC.O=C1c2cccc(-n3c4ccccc4c4cc(C(F)(F)F)ccc43)c2C(=O)N1c1ccccc1-c1ccccc1. The predicted molar refractivity (Wildman–Crippen MR) is 206 cm³/mol. The number of carbonyl (C=O) groups is 2. The van der Waals surface area contributed by atoms with Crippen molar-refractivity contribution >= 4 is 39.3 Å². The molecule has 0 atom stereocenters. The Morgan fingerprint density at radius 2 is 1.24 bits per heavy atom. The van der Waals surface area contributed by atoms with E-state index in [1.807, 2.05) is 75.4 Å². The quantitative estimate of drug-likeness (QED) is 0.0764. The molecule has 0 bridgehead atoms. The van der Waals surface area contributed by atoms with E-state index in [0.717, 1.165) is 29.3 Å². The summed E-state index contributed by atoms with van der Waals surface area (Å²) in [6.45, 7) is 12.3. The summed E-state index contributed by atoms with van der Waals surface area (Å²) in [5.74, 6) is -0.942. The van der Waals surface area contributed by atoms with Gasteiger partial charge in [0.05, 0.1) is 45.5 Å². The van der Waals surface area contributed by atoms with Crippen molar-refractivity contribution in [1.29, 1.82) is 0 Å². The number of benzene rings is 5. The maximum Gasteiger partial charge on any atom is 0.416 e. The molecule has 1 aliphatic rings. The second-order valence-corrected chi connectivity index (χ2v) is 11.5. The lowest BCUT2D eigenvalue weighted by atomic mass is 10.0. The summed E-state index contributed by atoms with van der Waals surface area (Å²) < 4.78 is 75.5. The van der Waals surface area contributed by atoms with Gasteiger partial charge in [-0.1, -0.05) is 118 Å². The maximum atomic E-state index is 14.1. The molecule has 7 rings (SSSR count). The maximum absolute atomic E-state index is 14.1. The zero-order valence-corrected chi connectivity index (χ0v) is 29.9. The van der Waals surface area contributed by atoms with E-state index in [2.05, 4.69) is 13.2 Å². The zero-order chi connectivity index (χ0) is 39.6. The van der Waals surface area contributed by atoms with Gasteiger partial charge in [0.25, 0.3) is 11.8 Å². The van der Waals surface area contributed by atoms with Gasteiger partial charge in [-0.2, -0.15) is 26.3 Å². The number of alkyl halides is 6. The number of aromatic nitrogens is 1. The number of halogens is 6. The minimum atomic E-state index is -4.50. The van der Waals surface area contributed by atoms with Gasteiger partial charge < -0.3 is 4.57 Å². The van der Waals surface area contributed by atoms with Crippen LogP contribution in [0.15, 0.2) is 153 Å². The molecule has 0 saturated carbocycles. The third-order valence-electron chi connectivity index (χ3n) is 8.07. The highest BCUT2D eigenvalue weighted by Gasteiger charge is 2.40. The largest absolute Gasteiger partial charge is 0.416 e. The molecule has 10 heteroatoms. The van der Waals surface area contributed by atoms with Crippen LogP contribution in [0.25, 0.3) is 38.6 Å². The van der Waals surface area contributed by atoms with E-state index in [-0.39, 0.29) is 11.1 Å². The van der Waals surface area contributed by atoms with E-state index < -0.39 is 36.2 Å². The van der Waals surface area contributed by atoms with Crippen LogP contribution in [0.2, 0.25) is 0 Å². The first-order valence-electron chi connectivity index (χ1n) is 17.0. The first-order valence-corrected chi connectivity index (χ1v) is 17.0. The lowest BCUT2D eigenvalue weighted by Gasteiger charge is -2.18. The van der Waals surface area contributed by atoms with Crippen LogP contribution in [0.1, 0.15) is 53.5 Å². The topological polar surface area (TPSA) is 42.3 Å². The van der Waals surface area contributed by atoms with Crippen LogP contribution in [0, 0.1) is 0 Å². The molecule has 0 fully saturated rings. The van der Waals surface area contributed by atoms with E-state index >= 15 is 0 Å². The highest BCUT2D eigenvalue weighted by Crippen LogP contribution is 2.41. The van der Waals surface area contributed by atoms with E-state index in [1.165, 1.54) is 11.0 Å². The number of hydrogen-bond acceptors (Lipinski definition) is 2. The summed E-state index contributed by atoms with van der Waals surface area (Å²) in [6.07, 6.45) is -3.05. The molecule has 0 aliphatic carbocycles. The van der Waals surface area contributed by atoms with Crippen LogP contribution in [0.4, 0.5) is 32.0 Å². The van der Waals surface area contributed by atoms with Crippen molar-refractivity contribution < 1.29 is 35.9 Å². The number of nitrogens with zero attached hydrogens (tertiary/aromatic N) is 2. The molecule has 54 heavy (non-hydrogen) atoms. The minimum Gasteiger partial charge on any atom is -0.308 e. The predicted octanol–water partition coefficient (Wildman–Crippen LogP) is 13.2. The third kappa shape index (κ3) is 8.71. The second-order valence-electron chi connectivity index (χ2n) is 11.5. The summed E-state index contributed by atoms with van der Waals surface area (Å²) in [6, 6.07) is 32.4. The number of imide groups is 1. The van der Waals surface area contributed by atoms with Crippen molar-refractivity contribution in [3.05, 3.63) is 169 Å². The van der Waals surface area contributed by atoms with Gasteiger partial charge in [0, 0.05) is 16.3 Å². The molecule has 0 radical (unpaired) electrons. The number of carbonyl (C=O) groups excluding carboxylic acids is 2. The molecule has 4 nitrogen and oxygen atoms in total. The lowest BCUT2D eigenvalue weighted by Crippen LogP contribution is -2.30. The Morgan fingerprint density at radius 1 is 0.648 bits per heavy atom. The van der Waals surface area contributed by atoms with Crippen molar-refractivity contribution in [2.75, 3.05) is 4.90 Å². The number of anilines is 1. The number of amides is 2. The molecule has 0 N–H and O–H groups in total. The fraction of sp³-hybridized carbons (Fsp3) is 0.136. The van der Waals surface area contributed by atoms with Crippen molar-refractivity contribution in [2.45, 2.75) is 39.5 Å². The average Bonchev–Trinajstić information content (AvgIpc) is 3.63. The van der Waals surface area contributed by atoms with E-state index in [4.69, 9.17) is 0 Å². The Bertz CT molecular complexity index is 2300. The van der Waals surface area contributed by atoms with Crippen LogP contribution >= 0.6 is 0 Å². The van der Waals surface area contributed by atoms with Gasteiger partial charge in [0.1, 0.15) is 0 Å². The zero-order valence-electron chi connectivity index (χ0n) is 29.9. The van der Waals surface area contributed by atoms with Crippen LogP contribution in [-0.2, 0) is 6.18 Å². The lowest BCUT2D eigenvalue weighted by molar-refractivity contribution is -0.137. The van der Waals surface area contributed by atoms with Crippen molar-refractivity contribution in [1.82, 2.24) is 4.57 Å². The number of rotatable bonds is 5. The summed E-state index contributed by atoms with van der Waals surface area (Å²) in [7, 11) is 0. The minimum absolute atomic E-state index is 0.206. The Hall–Kier alpha value is -6.16. The van der Waals surface area contributed by atoms with Gasteiger partial charge in [-0.15, -0.1) is 6.58 Å². The highest BCUT2D eigenvalue weighted by atomic mass is 19.4. The van der Waals surface area contributed by atoms with Gasteiger partial charge in [-0.25, -0.2) is 4.90 Å². The average molecular weight is 741 g/mol. The smallest absolute Gasteiger partial charge is 0.308 e. The molecular formula is C44H38F6N2O2. The Kier molecular flexibility index (Phi) is 13.2. The van der Waals surface area contributed by atoms with Gasteiger partial charge in [-0.05, 0) is 55.0 Å². The van der Waals surface area contributed by atoms with Gasteiger partial charge in [-0.3, -0.25) is 9.59 Å². The number of fused-ring (bicyclic) bond motifs is 4. The molecule has 1 aromatic heterocycles. The van der Waals surface area contributed by atoms with Crippen LogP contribution < -0.4 is 4.90 Å². The summed E-state index contributed by atoms with van der Waals surface area (Å²) in [4.78, 5) is 29.1. The third-order valence-corrected chi connectivity index (χ3v) is 8.07. The normalized spacial score (nSPS) is 12.4. The molecule has 0 unspecified atom stereocenters. The van der Waals surface area contributed by atoms with Crippen LogP contribution in [0.5, 0.6) is 0 Å². The molecular weight excluding hydrogens is 702 g/mol. The molecule has 0 spiro atoms. The Labute approximate surface area is 310 Å². The fourth-order valence-electron chi connectivity index (χ4n) is 5.91. The molecule has 2 amide bonds. The van der Waals surface area contributed by atoms with Crippen molar-refractivity contribution in [2.24, 2.45) is 0 Å². The second kappa shape index (κ2) is 17.6. The van der Waals surface area contributed by atoms with Crippen molar-refractivity contribution in [3.8, 4) is 16.8 Å². The number of allylic oxidation sites excluding steroid dienone is 4. The molecule has 6 aromatic rings. The molecule has 1 aliphatic heterocycles. The molecule has 278 valence electrons. The first kappa shape index (κ1) is 40.6. The van der Waals surface area contributed by atoms with Crippen LogP contribution in [-0.4, -0.2) is 22.6 Å². The van der Waals surface area contributed by atoms with Gasteiger partial charge in [0.15, 0.2) is 0 Å². The Morgan fingerprint density at radius 3 is 1.83 bits per heavy atom. The Balaban J connectivity index is 0.000000401. The summed E-state index contributed by atoms with van der Waals surface area (Å²) >= 11 is 0. The highest BCUT2D eigenvalue weighted by molar-refractivity contribution is 6.36. The van der Waals surface area contributed by atoms with Gasteiger partial charge >= 0.3 is 12.4 Å².